The normalized spacial score (nSPS) is 15.4. The van der Waals surface area contributed by atoms with Gasteiger partial charge in [0.2, 0.25) is 0 Å². The average Bonchev–Trinajstić information content (AvgIpc) is 3.19. The van der Waals surface area contributed by atoms with Crippen molar-refractivity contribution < 1.29 is 0 Å². The molecule has 1 saturated carbocycles. The van der Waals surface area contributed by atoms with Gasteiger partial charge in [-0.25, -0.2) is 4.98 Å². The van der Waals surface area contributed by atoms with E-state index in [1.54, 1.807) is 0 Å². The summed E-state index contributed by atoms with van der Waals surface area (Å²) < 4.78 is 0. The third-order valence-corrected chi connectivity index (χ3v) is 3.90. The summed E-state index contributed by atoms with van der Waals surface area (Å²) in [5.41, 5.74) is 2.61. The van der Waals surface area contributed by atoms with Gasteiger partial charge in [-0.2, -0.15) is 0 Å². The summed E-state index contributed by atoms with van der Waals surface area (Å²) >= 11 is 0. The topological polar surface area (TPSA) is 28.2 Å². The van der Waals surface area contributed by atoms with Crippen LogP contribution in [0, 0.1) is 5.92 Å². The van der Waals surface area contributed by atoms with Gasteiger partial charge in [-0.3, -0.25) is 0 Å². The number of anilines is 1. The highest BCUT2D eigenvalue weighted by atomic mass is 15.2. The summed E-state index contributed by atoms with van der Waals surface area (Å²) in [6.45, 7) is 12.0. The molecule has 1 aromatic rings. The molecular weight excluding hydrogens is 246 g/mol. The van der Waals surface area contributed by atoms with Gasteiger partial charge in [0.05, 0.1) is 0 Å². The number of rotatable bonds is 6. The first kappa shape index (κ1) is 15.3. The average molecular weight is 275 g/mol. The van der Waals surface area contributed by atoms with Crippen molar-refractivity contribution in [2.45, 2.75) is 52.5 Å². The van der Waals surface area contributed by atoms with E-state index in [4.69, 9.17) is 4.98 Å². The standard InChI is InChI=1S/C17H29N3/c1-6-20(12-13-7-8-13)16-10-14(11-18-5)9-15(19-16)17(2,3)4/h9-10,13,18H,6-8,11-12H2,1-5H3. The van der Waals surface area contributed by atoms with Gasteiger partial charge in [0, 0.05) is 30.7 Å². The van der Waals surface area contributed by atoms with Gasteiger partial charge in [-0.15, -0.1) is 0 Å². The van der Waals surface area contributed by atoms with E-state index in [2.05, 4.69) is 50.0 Å². The Morgan fingerprint density at radius 3 is 2.50 bits per heavy atom. The van der Waals surface area contributed by atoms with E-state index in [1.807, 2.05) is 7.05 Å². The van der Waals surface area contributed by atoms with Gasteiger partial charge in [0.25, 0.3) is 0 Å². The Morgan fingerprint density at radius 1 is 1.30 bits per heavy atom. The summed E-state index contributed by atoms with van der Waals surface area (Å²) in [4.78, 5) is 7.37. The molecule has 1 aliphatic rings. The van der Waals surface area contributed by atoms with Crippen LogP contribution in [-0.2, 0) is 12.0 Å². The molecule has 0 bridgehead atoms. The molecule has 0 saturated heterocycles. The number of hydrogen-bond donors (Lipinski definition) is 1. The fourth-order valence-corrected chi connectivity index (χ4v) is 2.42. The molecule has 2 rings (SSSR count). The van der Waals surface area contributed by atoms with Crippen LogP contribution >= 0.6 is 0 Å². The Kier molecular flexibility index (Phi) is 4.69. The van der Waals surface area contributed by atoms with Crippen molar-refractivity contribution in [3.05, 3.63) is 23.4 Å². The molecule has 0 radical (unpaired) electrons. The number of pyridine rings is 1. The maximum atomic E-state index is 4.94. The van der Waals surface area contributed by atoms with Crippen molar-refractivity contribution in [3.63, 3.8) is 0 Å². The molecule has 0 atom stereocenters. The Bertz CT molecular complexity index is 444. The van der Waals surface area contributed by atoms with Crippen molar-refractivity contribution in [1.82, 2.24) is 10.3 Å². The predicted octanol–water partition coefficient (Wildman–Crippen LogP) is 3.33. The van der Waals surface area contributed by atoms with Crippen LogP contribution in [-0.4, -0.2) is 25.1 Å². The maximum Gasteiger partial charge on any atom is 0.129 e. The van der Waals surface area contributed by atoms with E-state index in [0.29, 0.717) is 0 Å². The summed E-state index contributed by atoms with van der Waals surface area (Å²) in [5.74, 6) is 2.04. The molecule has 0 aliphatic heterocycles. The number of aromatic nitrogens is 1. The fraction of sp³-hybridized carbons (Fsp3) is 0.706. The maximum absolute atomic E-state index is 4.94. The van der Waals surface area contributed by atoms with Gasteiger partial charge in [0.1, 0.15) is 5.82 Å². The Balaban J connectivity index is 2.31. The van der Waals surface area contributed by atoms with E-state index >= 15 is 0 Å². The van der Waals surface area contributed by atoms with Crippen molar-refractivity contribution in [2.75, 3.05) is 25.0 Å². The second kappa shape index (κ2) is 6.13. The molecule has 1 aliphatic carbocycles. The smallest absolute Gasteiger partial charge is 0.129 e. The molecule has 3 nitrogen and oxygen atoms in total. The molecule has 0 unspecified atom stereocenters. The van der Waals surface area contributed by atoms with Crippen molar-refractivity contribution in [3.8, 4) is 0 Å². The van der Waals surface area contributed by atoms with Crippen LogP contribution < -0.4 is 10.2 Å². The first-order chi connectivity index (χ1) is 9.44. The Hall–Kier alpha value is -1.09. The monoisotopic (exact) mass is 275 g/mol. The highest BCUT2D eigenvalue weighted by molar-refractivity contribution is 5.44. The predicted molar refractivity (Wildman–Crippen MR) is 86.3 cm³/mol. The van der Waals surface area contributed by atoms with Gasteiger partial charge < -0.3 is 10.2 Å². The lowest BCUT2D eigenvalue weighted by atomic mass is 9.90. The third-order valence-electron chi connectivity index (χ3n) is 3.90. The molecular formula is C17H29N3. The molecule has 0 aromatic carbocycles. The lowest BCUT2D eigenvalue weighted by Crippen LogP contribution is -2.28. The first-order valence-corrected chi connectivity index (χ1v) is 7.85. The Morgan fingerprint density at radius 2 is 2.00 bits per heavy atom. The van der Waals surface area contributed by atoms with Crippen LogP contribution in [0.15, 0.2) is 12.1 Å². The number of nitrogens with one attached hydrogen (secondary N) is 1. The first-order valence-electron chi connectivity index (χ1n) is 7.85. The Labute approximate surface area is 123 Å². The summed E-state index contributed by atoms with van der Waals surface area (Å²) in [6.07, 6.45) is 2.78. The van der Waals surface area contributed by atoms with Crippen LogP contribution in [0.5, 0.6) is 0 Å². The number of hydrogen-bond acceptors (Lipinski definition) is 3. The van der Waals surface area contributed by atoms with E-state index < -0.39 is 0 Å². The minimum absolute atomic E-state index is 0.0947. The lowest BCUT2D eigenvalue weighted by Gasteiger charge is -2.26. The number of nitrogens with zero attached hydrogens (tertiary/aromatic N) is 2. The third kappa shape index (κ3) is 3.95. The van der Waals surface area contributed by atoms with Crippen LogP contribution in [0.25, 0.3) is 0 Å². The minimum Gasteiger partial charge on any atom is -0.357 e. The lowest BCUT2D eigenvalue weighted by molar-refractivity contribution is 0.565. The van der Waals surface area contributed by atoms with Crippen LogP contribution in [0.4, 0.5) is 5.82 Å². The highest BCUT2D eigenvalue weighted by Gasteiger charge is 2.25. The zero-order valence-corrected chi connectivity index (χ0v) is 13.7. The molecule has 1 aromatic heterocycles. The summed E-state index contributed by atoms with van der Waals surface area (Å²) in [6, 6.07) is 4.49. The molecule has 3 heteroatoms. The fourth-order valence-electron chi connectivity index (χ4n) is 2.42. The molecule has 112 valence electrons. The molecule has 0 spiro atoms. The van der Waals surface area contributed by atoms with Gasteiger partial charge in [-0.1, -0.05) is 20.8 Å². The largest absolute Gasteiger partial charge is 0.357 e. The molecule has 20 heavy (non-hydrogen) atoms. The van der Waals surface area contributed by atoms with Crippen LogP contribution in [0.1, 0.15) is 51.8 Å². The molecule has 1 N–H and O–H groups in total. The highest BCUT2D eigenvalue weighted by Crippen LogP contribution is 2.32. The van der Waals surface area contributed by atoms with E-state index in [9.17, 15) is 0 Å². The molecule has 1 heterocycles. The SMILES string of the molecule is CCN(CC1CC1)c1cc(CNC)cc(C(C)(C)C)n1. The van der Waals surface area contributed by atoms with E-state index in [1.165, 1.54) is 24.1 Å². The summed E-state index contributed by atoms with van der Waals surface area (Å²) in [5, 5.41) is 3.25. The van der Waals surface area contributed by atoms with Crippen molar-refractivity contribution in [1.29, 1.82) is 0 Å². The molecule has 0 amide bonds. The van der Waals surface area contributed by atoms with Crippen molar-refractivity contribution >= 4 is 5.82 Å². The van der Waals surface area contributed by atoms with Crippen LogP contribution in [0.3, 0.4) is 0 Å². The van der Waals surface area contributed by atoms with Gasteiger partial charge in [0.15, 0.2) is 0 Å². The second-order valence-electron chi connectivity index (χ2n) is 6.98. The van der Waals surface area contributed by atoms with Gasteiger partial charge in [-0.05, 0) is 50.4 Å². The zero-order valence-electron chi connectivity index (χ0n) is 13.7. The van der Waals surface area contributed by atoms with Gasteiger partial charge >= 0.3 is 0 Å². The van der Waals surface area contributed by atoms with E-state index in [-0.39, 0.29) is 5.41 Å². The minimum atomic E-state index is 0.0947. The second-order valence-corrected chi connectivity index (χ2v) is 6.98. The zero-order chi connectivity index (χ0) is 14.8. The van der Waals surface area contributed by atoms with Crippen molar-refractivity contribution in [2.24, 2.45) is 5.92 Å². The molecule has 1 fully saturated rings. The summed E-state index contributed by atoms with van der Waals surface area (Å²) in [7, 11) is 2.00. The quantitative estimate of drug-likeness (QED) is 0.863. The van der Waals surface area contributed by atoms with Crippen LogP contribution in [0.2, 0.25) is 0 Å². The van der Waals surface area contributed by atoms with E-state index in [0.717, 1.165) is 31.4 Å².